The summed E-state index contributed by atoms with van der Waals surface area (Å²) in [6, 6.07) is -0.308. The molecule has 1 saturated heterocycles. The normalized spacial score (nSPS) is 23.5. The topological polar surface area (TPSA) is 66.8 Å². The van der Waals surface area contributed by atoms with Gasteiger partial charge in [-0.15, -0.1) is 6.58 Å². The minimum atomic E-state index is -0.966. The molecule has 2 amide bonds. The summed E-state index contributed by atoms with van der Waals surface area (Å²) in [4.78, 5) is 25.0. The first kappa shape index (κ1) is 14.7. The summed E-state index contributed by atoms with van der Waals surface area (Å²) in [5.41, 5.74) is -0.263. The highest BCUT2D eigenvalue weighted by Gasteiger charge is 2.45. The van der Waals surface area contributed by atoms with E-state index in [0.29, 0.717) is 0 Å². The fraction of sp³-hybridized carbons (Fsp3) is 0.692. The summed E-state index contributed by atoms with van der Waals surface area (Å²) in [6.07, 6.45) is -0.314. The van der Waals surface area contributed by atoms with Crippen LogP contribution in [-0.2, 0) is 9.53 Å². The van der Waals surface area contributed by atoms with E-state index in [1.165, 1.54) is 6.08 Å². The molecule has 5 nitrogen and oxygen atoms in total. The Morgan fingerprint density at radius 2 is 2.17 bits per heavy atom. The minimum absolute atomic E-state index is 0.199. The molecule has 1 aliphatic heterocycles. The smallest absolute Gasteiger partial charge is 0.417 e. The number of ether oxygens (including phenoxy) is 1. The Hall–Kier alpha value is -1.36. The highest BCUT2D eigenvalue weighted by molar-refractivity contribution is 5.95. The summed E-state index contributed by atoms with van der Waals surface area (Å²) in [7, 11) is 0. The molecule has 3 unspecified atom stereocenters. The molecule has 1 N–H and O–H groups in total. The Kier molecular flexibility index (Phi) is 4.16. The average Bonchev–Trinajstić information content (AvgIpc) is 2.67. The molecule has 0 saturated carbocycles. The van der Waals surface area contributed by atoms with Gasteiger partial charge in [0.1, 0.15) is 6.61 Å². The molecule has 0 aromatic carbocycles. The minimum Gasteiger partial charge on any atom is -0.447 e. The van der Waals surface area contributed by atoms with Crippen molar-refractivity contribution < 1.29 is 19.4 Å². The summed E-state index contributed by atoms with van der Waals surface area (Å²) in [5, 5.41) is 9.61. The Morgan fingerprint density at radius 3 is 2.61 bits per heavy atom. The lowest BCUT2D eigenvalue weighted by molar-refractivity contribution is -0.136. The first-order chi connectivity index (χ1) is 8.20. The van der Waals surface area contributed by atoms with Crippen molar-refractivity contribution >= 4 is 12.0 Å². The second kappa shape index (κ2) is 5.10. The maximum absolute atomic E-state index is 12.2. The van der Waals surface area contributed by atoms with Crippen molar-refractivity contribution in [3.63, 3.8) is 0 Å². The third-order valence-corrected chi connectivity index (χ3v) is 3.25. The van der Waals surface area contributed by atoms with Crippen LogP contribution in [0.25, 0.3) is 0 Å². The first-order valence-electron chi connectivity index (χ1n) is 6.00. The number of hydrogen-bond acceptors (Lipinski definition) is 4. The summed E-state index contributed by atoms with van der Waals surface area (Å²) < 4.78 is 4.95. The third kappa shape index (κ3) is 2.72. The van der Waals surface area contributed by atoms with E-state index in [1.54, 1.807) is 6.92 Å². The largest absolute Gasteiger partial charge is 0.447 e. The van der Waals surface area contributed by atoms with E-state index in [2.05, 4.69) is 6.58 Å². The lowest BCUT2D eigenvalue weighted by Crippen LogP contribution is -2.49. The maximum Gasteiger partial charge on any atom is 0.417 e. The van der Waals surface area contributed by atoms with Crippen molar-refractivity contribution in [1.82, 2.24) is 4.90 Å². The molecule has 0 bridgehead atoms. The van der Waals surface area contributed by atoms with Gasteiger partial charge in [0.15, 0.2) is 0 Å². The van der Waals surface area contributed by atoms with Crippen molar-refractivity contribution in [2.75, 3.05) is 6.61 Å². The van der Waals surface area contributed by atoms with Crippen molar-refractivity contribution in [3.8, 4) is 0 Å². The van der Waals surface area contributed by atoms with Gasteiger partial charge in [-0.25, -0.2) is 9.69 Å². The molecule has 1 rings (SSSR count). The van der Waals surface area contributed by atoms with Gasteiger partial charge >= 0.3 is 6.09 Å². The molecule has 102 valence electrons. The standard InChI is InChI=1S/C13H21NO4/c1-6-9(15)8(2)11(16)14-10(13(3,4)5)7-18-12(14)17/h6,8-10,15H,1,7H2,2-5H3. The van der Waals surface area contributed by atoms with Crippen LogP contribution < -0.4 is 0 Å². The number of carbonyl (C=O) groups excluding carboxylic acids is 2. The molecule has 1 fully saturated rings. The van der Waals surface area contributed by atoms with Crippen molar-refractivity contribution in [1.29, 1.82) is 0 Å². The van der Waals surface area contributed by atoms with Crippen LogP contribution in [0.4, 0.5) is 4.79 Å². The highest BCUT2D eigenvalue weighted by atomic mass is 16.6. The maximum atomic E-state index is 12.2. The number of cyclic esters (lactones) is 1. The van der Waals surface area contributed by atoms with Gasteiger partial charge < -0.3 is 9.84 Å². The number of aliphatic hydroxyl groups excluding tert-OH is 1. The zero-order chi connectivity index (χ0) is 14.1. The predicted octanol–water partition coefficient (Wildman–Crippen LogP) is 1.56. The van der Waals surface area contributed by atoms with Crippen LogP contribution in [-0.4, -0.2) is 40.8 Å². The quantitative estimate of drug-likeness (QED) is 0.777. The van der Waals surface area contributed by atoms with Crippen LogP contribution >= 0.6 is 0 Å². The van der Waals surface area contributed by atoms with Gasteiger partial charge in [-0.2, -0.15) is 0 Å². The Morgan fingerprint density at radius 1 is 1.61 bits per heavy atom. The molecule has 3 atom stereocenters. The van der Waals surface area contributed by atoms with Gasteiger partial charge in [-0.3, -0.25) is 4.79 Å². The van der Waals surface area contributed by atoms with Crippen LogP contribution in [0.3, 0.4) is 0 Å². The van der Waals surface area contributed by atoms with Crippen LogP contribution in [0.2, 0.25) is 0 Å². The Labute approximate surface area is 107 Å². The van der Waals surface area contributed by atoms with Crippen molar-refractivity contribution in [2.24, 2.45) is 11.3 Å². The van der Waals surface area contributed by atoms with E-state index in [0.717, 1.165) is 4.90 Å². The number of hydrogen-bond donors (Lipinski definition) is 1. The number of aliphatic hydroxyl groups is 1. The Balaban J connectivity index is 2.94. The molecule has 1 aliphatic rings. The summed E-state index contributed by atoms with van der Waals surface area (Å²) in [6.45, 7) is 11.0. The second-order valence-corrected chi connectivity index (χ2v) is 5.68. The monoisotopic (exact) mass is 255 g/mol. The zero-order valence-electron chi connectivity index (χ0n) is 11.3. The summed E-state index contributed by atoms with van der Waals surface area (Å²) in [5.74, 6) is -1.14. The van der Waals surface area contributed by atoms with Crippen LogP contribution in [0.1, 0.15) is 27.7 Å². The fourth-order valence-electron chi connectivity index (χ4n) is 1.87. The Bertz CT molecular complexity index is 358. The van der Waals surface area contributed by atoms with E-state index in [4.69, 9.17) is 4.74 Å². The molecule has 0 aromatic rings. The predicted molar refractivity (Wildman–Crippen MR) is 66.8 cm³/mol. The molecule has 0 aliphatic carbocycles. The van der Waals surface area contributed by atoms with Crippen molar-refractivity contribution in [3.05, 3.63) is 12.7 Å². The van der Waals surface area contributed by atoms with E-state index in [1.807, 2.05) is 20.8 Å². The van der Waals surface area contributed by atoms with E-state index < -0.39 is 24.0 Å². The molecule has 18 heavy (non-hydrogen) atoms. The molecule has 1 heterocycles. The van der Waals surface area contributed by atoms with Gasteiger partial charge in [-0.1, -0.05) is 33.8 Å². The van der Waals surface area contributed by atoms with Crippen LogP contribution in [0.5, 0.6) is 0 Å². The van der Waals surface area contributed by atoms with Crippen molar-refractivity contribution in [2.45, 2.75) is 39.8 Å². The van der Waals surface area contributed by atoms with Gasteiger partial charge in [0.25, 0.3) is 0 Å². The zero-order valence-corrected chi connectivity index (χ0v) is 11.3. The number of rotatable bonds is 3. The van der Waals surface area contributed by atoms with E-state index >= 15 is 0 Å². The lowest BCUT2D eigenvalue weighted by atomic mass is 9.86. The molecule has 0 aromatic heterocycles. The molecule has 0 spiro atoms. The fourth-order valence-corrected chi connectivity index (χ4v) is 1.87. The number of amides is 2. The number of nitrogens with zero attached hydrogens (tertiary/aromatic N) is 1. The van der Waals surface area contributed by atoms with Gasteiger partial charge in [0.05, 0.1) is 18.1 Å². The third-order valence-electron chi connectivity index (χ3n) is 3.25. The van der Waals surface area contributed by atoms with Gasteiger partial charge in [-0.05, 0) is 5.41 Å². The van der Waals surface area contributed by atoms with Crippen LogP contribution in [0, 0.1) is 11.3 Å². The molecule has 5 heteroatoms. The number of imide groups is 1. The first-order valence-corrected chi connectivity index (χ1v) is 6.00. The SMILES string of the molecule is C=CC(O)C(C)C(=O)N1C(=O)OCC1C(C)(C)C. The second-order valence-electron chi connectivity index (χ2n) is 5.68. The summed E-state index contributed by atoms with van der Waals surface area (Å²) >= 11 is 0. The average molecular weight is 255 g/mol. The van der Waals surface area contributed by atoms with E-state index in [9.17, 15) is 14.7 Å². The van der Waals surface area contributed by atoms with Gasteiger partial charge in [0.2, 0.25) is 5.91 Å². The number of carbonyl (C=O) groups is 2. The molecule has 0 radical (unpaired) electrons. The lowest BCUT2D eigenvalue weighted by Gasteiger charge is -2.32. The van der Waals surface area contributed by atoms with E-state index in [-0.39, 0.29) is 18.1 Å². The molecular weight excluding hydrogens is 234 g/mol. The molecular formula is C13H21NO4. The van der Waals surface area contributed by atoms with Crippen LogP contribution in [0.15, 0.2) is 12.7 Å². The highest BCUT2D eigenvalue weighted by Crippen LogP contribution is 2.30. The van der Waals surface area contributed by atoms with Gasteiger partial charge in [0, 0.05) is 0 Å².